The molecule has 0 aromatic heterocycles. The molecule has 0 saturated carbocycles. The van der Waals surface area contributed by atoms with Crippen molar-refractivity contribution in [2.24, 2.45) is 5.92 Å². The molecule has 0 aliphatic carbocycles. The van der Waals surface area contributed by atoms with Crippen LogP contribution in [0.2, 0.25) is 0 Å². The summed E-state index contributed by atoms with van der Waals surface area (Å²) in [7, 11) is -5.81. The average molecular weight is 458 g/mol. The van der Waals surface area contributed by atoms with E-state index in [0.717, 1.165) is 11.6 Å². The fourth-order valence-electron chi connectivity index (χ4n) is 3.52. The molecule has 0 radical (unpaired) electrons. The highest BCUT2D eigenvalue weighted by Gasteiger charge is 2.48. The number of rotatable bonds is 7. The zero-order valence-corrected chi connectivity index (χ0v) is 17.4. The molecule has 31 heavy (non-hydrogen) atoms. The Kier molecular flexibility index (Phi) is 6.78. The molecule has 0 N–H and O–H groups in total. The van der Waals surface area contributed by atoms with Crippen molar-refractivity contribution in [1.82, 2.24) is 0 Å². The summed E-state index contributed by atoms with van der Waals surface area (Å²) in [6.45, 7) is 2.13. The molecule has 2 unspecified atom stereocenters. The topological polar surface area (TPSA) is 78.9 Å². The van der Waals surface area contributed by atoms with Gasteiger partial charge in [0.1, 0.15) is 11.5 Å². The maximum Gasteiger partial charge on any atom is 0.534 e. The van der Waals surface area contributed by atoms with Crippen molar-refractivity contribution >= 4 is 16.1 Å². The average Bonchev–Trinajstić information content (AvgIpc) is 2.69. The minimum atomic E-state index is -5.81. The smallest absolute Gasteiger partial charge is 0.493 e. The second-order valence-corrected chi connectivity index (χ2v) is 8.60. The number of benzene rings is 2. The number of halogens is 3. The molecule has 2 aromatic rings. The number of carbonyl (C=O) groups excluding carboxylic acids is 1. The summed E-state index contributed by atoms with van der Waals surface area (Å²) in [5.41, 5.74) is -4.13. The van der Waals surface area contributed by atoms with Crippen molar-refractivity contribution in [3.05, 3.63) is 59.7 Å². The highest BCUT2D eigenvalue weighted by Crippen LogP contribution is 2.43. The maximum atomic E-state index is 12.7. The van der Waals surface area contributed by atoms with Crippen molar-refractivity contribution in [3.63, 3.8) is 0 Å². The van der Waals surface area contributed by atoms with E-state index in [-0.39, 0.29) is 31.5 Å². The molecular weight excluding hydrogens is 437 g/mol. The van der Waals surface area contributed by atoms with Crippen LogP contribution in [0.15, 0.2) is 48.5 Å². The first-order valence-electron chi connectivity index (χ1n) is 9.57. The Morgan fingerprint density at radius 1 is 1.16 bits per heavy atom. The number of fused-ring (bicyclic) bond motifs is 1. The van der Waals surface area contributed by atoms with E-state index in [2.05, 4.69) is 4.18 Å². The van der Waals surface area contributed by atoms with Crippen molar-refractivity contribution < 1.29 is 40.0 Å². The molecule has 0 fully saturated rings. The van der Waals surface area contributed by atoms with E-state index in [1.807, 2.05) is 30.3 Å². The van der Waals surface area contributed by atoms with Gasteiger partial charge in [0.25, 0.3) is 0 Å². The van der Waals surface area contributed by atoms with Crippen LogP contribution in [-0.4, -0.2) is 33.1 Å². The Hall–Kier alpha value is -2.75. The lowest BCUT2D eigenvalue weighted by Gasteiger charge is -2.33. The van der Waals surface area contributed by atoms with Gasteiger partial charge in [0.2, 0.25) is 0 Å². The first-order chi connectivity index (χ1) is 14.6. The molecule has 168 valence electrons. The maximum absolute atomic E-state index is 12.7. The Morgan fingerprint density at radius 2 is 1.87 bits per heavy atom. The molecule has 2 aromatic carbocycles. The summed E-state index contributed by atoms with van der Waals surface area (Å²) in [4.78, 5) is 12.1. The normalized spacial score (nSPS) is 18.6. The molecule has 0 spiro atoms. The van der Waals surface area contributed by atoms with Crippen LogP contribution >= 0.6 is 0 Å². The van der Waals surface area contributed by atoms with E-state index >= 15 is 0 Å². The zero-order chi connectivity index (χ0) is 22.6. The number of esters is 1. The van der Waals surface area contributed by atoms with Gasteiger partial charge in [0, 0.05) is 11.5 Å². The molecule has 6 nitrogen and oxygen atoms in total. The molecular formula is C21H21F3O6S. The highest BCUT2D eigenvalue weighted by atomic mass is 32.2. The molecule has 2 atom stereocenters. The minimum Gasteiger partial charge on any atom is -0.493 e. The molecule has 3 rings (SSSR count). The van der Waals surface area contributed by atoms with E-state index < -0.39 is 27.3 Å². The lowest BCUT2D eigenvalue weighted by atomic mass is 9.78. The standard InChI is InChI=1S/C21H21F3O6S/c1-2-28-20(25)11-15-13-29-19-9-8-16(30-31(26,27)21(22,23)24)12-18(19)17(15)10-14-6-4-3-5-7-14/h3-9,12,15,17H,2,10-11,13H2,1H3. The van der Waals surface area contributed by atoms with Gasteiger partial charge < -0.3 is 13.7 Å². The molecule has 0 saturated heterocycles. The van der Waals surface area contributed by atoms with Gasteiger partial charge in [-0.05, 0) is 43.0 Å². The summed E-state index contributed by atoms with van der Waals surface area (Å²) < 4.78 is 76.0. The van der Waals surface area contributed by atoms with Gasteiger partial charge in [-0.25, -0.2) is 0 Å². The zero-order valence-electron chi connectivity index (χ0n) is 16.6. The number of carbonyl (C=O) groups is 1. The van der Waals surface area contributed by atoms with Gasteiger partial charge in [-0.3, -0.25) is 4.79 Å². The predicted octanol–water partition coefficient (Wildman–Crippen LogP) is 4.20. The Balaban J connectivity index is 1.95. The van der Waals surface area contributed by atoms with Gasteiger partial charge in [-0.2, -0.15) is 21.6 Å². The summed E-state index contributed by atoms with van der Waals surface area (Å²) in [5.74, 6) is -1.13. The summed E-state index contributed by atoms with van der Waals surface area (Å²) in [6, 6.07) is 13.0. The molecule has 0 amide bonds. The largest absolute Gasteiger partial charge is 0.534 e. The summed E-state index contributed by atoms with van der Waals surface area (Å²) in [5, 5.41) is 0. The quantitative estimate of drug-likeness (QED) is 0.352. The van der Waals surface area contributed by atoms with Crippen LogP contribution in [0, 0.1) is 5.92 Å². The first-order valence-corrected chi connectivity index (χ1v) is 11.0. The van der Waals surface area contributed by atoms with Crippen molar-refractivity contribution in [1.29, 1.82) is 0 Å². The fourth-order valence-corrected chi connectivity index (χ4v) is 3.97. The Labute approximate surface area is 178 Å². The number of alkyl halides is 3. The number of hydrogen-bond acceptors (Lipinski definition) is 6. The molecule has 1 aliphatic heterocycles. The van der Waals surface area contributed by atoms with Gasteiger partial charge in [-0.1, -0.05) is 30.3 Å². The Morgan fingerprint density at radius 3 is 2.52 bits per heavy atom. The van der Waals surface area contributed by atoms with Crippen LogP contribution in [0.1, 0.15) is 30.4 Å². The van der Waals surface area contributed by atoms with Crippen LogP contribution in [0.4, 0.5) is 13.2 Å². The van der Waals surface area contributed by atoms with Gasteiger partial charge >= 0.3 is 21.6 Å². The second-order valence-electron chi connectivity index (χ2n) is 7.06. The Bertz CT molecular complexity index is 1020. The summed E-state index contributed by atoms with van der Waals surface area (Å²) in [6.07, 6.45) is 0.521. The van der Waals surface area contributed by atoms with Crippen LogP contribution < -0.4 is 8.92 Å². The van der Waals surface area contributed by atoms with Crippen LogP contribution in [0.3, 0.4) is 0 Å². The van der Waals surface area contributed by atoms with Crippen LogP contribution in [0.5, 0.6) is 11.5 Å². The number of hydrogen-bond donors (Lipinski definition) is 0. The van der Waals surface area contributed by atoms with E-state index in [4.69, 9.17) is 9.47 Å². The number of ether oxygens (including phenoxy) is 2. The fraction of sp³-hybridized carbons (Fsp3) is 0.381. The molecule has 10 heteroatoms. The van der Waals surface area contributed by atoms with Crippen molar-refractivity contribution in [2.45, 2.75) is 31.2 Å². The highest BCUT2D eigenvalue weighted by molar-refractivity contribution is 7.88. The van der Waals surface area contributed by atoms with Gasteiger partial charge in [0.15, 0.2) is 0 Å². The van der Waals surface area contributed by atoms with E-state index in [9.17, 15) is 26.4 Å². The molecule has 1 aliphatic rings. The third-order valence-electron chi connectivity index (χ3n) is 4.92. The monoisotopic (exact) mass is 458 g/mol. The molecule has 1 heterocycles. The van der Waals surface area contributed by atoms with E-state index in [1.165, 1.54) is 12.1 Å². The van der Waals surface area contributed by atoms with Crippen molar-refractivity contribution in [2.75, 3.05) is 13.2 Å². The second kappa shape index (κ2) is 9.17. The first kappa shape index (κ1) is 22.9. The van der Waals surface area contributed by atoms with Crippen LogP contribution in [-0.2, 0) is 26.1 Å². The lowest BCUT2D eigenvalue weighted by molar-refractivity contribution is -0.144. The lowest BCUT2D eigenvalue weighted by Crippen LogP contribution is -2.30. The van der Waals surface area contributed by atoms with Crippen molar-refractivity contribution in [3.8, 4) is 11.5 Å². The third kappa shape index (κ3) is 5.49. The minimum absolute atomic E-state index is 0.0523. The van der Waals surface area contributed by atoms with E-state index in [0.29, 0.717) is 17.7 Å². The predicted molar refractivity (Wildman–Crippen MR) is 105 cm³/mol. The summed E-state index contributed by atoms with van der Waals surface area (Å²) >= 11 is 0. The molecule has 0 bridgehead atoms. The van der Waals surface area contributed by atoms with Gasteiger partial charge in [-0.15, -0.1) is 0 Å². The third-order valence-corrected chi connectivity index (χ3v) is 5.90. The van der Waals surface area contributed by atoms with Crippen LogP contribution in [0.25, 0.3) is 0 Å². The van der Waals surface area contributed by atoms with Gasteiger partial charge in [0.05, 0.1) is 19.6 Å². The SMILES string of the molecule is CCOC(=O)CC1COc2ccc(OS(=O)(=O)C(F)(F)F)cc2C1Cc1ccccc1. The van der Waals surface area contributed by atoms with E-state index in [1.54, 1.807) is 6.92 Å².